The van der Waals surface area contributed by atoms with Crippen LogP contribution in [0.15, 0.2) is 120 Å². The molecule has 0 bridgehead atoms. The fourth-order valence-corrected chi connectivity index (χ4v) is 5.96. The Balaban J connectivity index is 0.000000218. The molecule has 12 heteroatoms. The zero-order valence-electron chi connectivity index (χ0n) is 24.6. The summed E-state index contributed by atoms with van der Waals surface area (Å²) >= 11 is 0. The number of ketones is 4. The van der Waals surface area contributed by atoms with Crippen LogP contribution in [0.4, 0.5) is 0 Å². The van der Waals surface area contributed by atoms with E-state index in [1.165, 1.54) is 48.5 Å². The minimum absolute atomic E-state index is 0.0283. The number of hydrogen-bond donors (Lipinski definition) is 2. The summed E-state index contributed by atoms with van der Waals surface area (Å²) < 4.78 is 0. The lowest BCUT2D eigenvalue weighted by atomic mass is 9.89. The average Bonchev–Trinajstić information content (AvgIpc) is 3.52. The van der Waals surface area contributed by atoms with Gasteiger partial charge in [0.2, 0.25) is 23.1 Å². The smallest absolute Gasteiger partial charge is 0.266 e. The van der Waals surface area contributed by atoms with Gasteiger partial charge in [0, 0.05) is 22.3 Å². The molecule has 0 fully saturated rings. The molecule has 0 aromatic heterocycles. The Morgan fingerprint density at radius 2 is 0.521 bits per heavy atom. The summed E-state index contributed by atoms with van der Waals surface area (Å²) in [5.41, 5.74) is 10.1. The molecule has 0 unspecified atom stereocenters. The van der Waals surface area contributed by atoms with E-state index in [9.17, 15) is 38.4 Å². The second kappa shape index (κ2) is 10.8. The first-order valence-electron chi connectivity index (χ1n) is 14.4. The Kier molecular flexibility index (Phi) is 6.65. The van der Waals surface area contributed by atoms with Gasteiger partial charge in [0.1, 0.15) is 22.8 Å². The monoisotopic (exact) mass is 636 g/mol. The van der Waals surface area contributed by atoms with Crippen LogP contribution in [-0.2, 0) is 0 Å². The van der Waals surface area contributed by atoms with Crippen molar-refractivity contribution in [2.45, 2.75) is 0 Å². The number of nitrogens with two attached hydrogens (primary N) is 2. The van der Waals surface area contributed by atoms with E-state index in [4.69, 9.17) is 11.5 Å². The number of Topliss-reactive ketones (excluding diaryl/α,β-unsaturated/α-hetero) is 4. The Bertz CT molecular complexity index is 2100. The first-order valence-corrected chi connectivity index (χ1v) is 14.4. The van der Waals surface area contributed by atoms with E-state index in [1.807, 2.05) is 0 Å². The second-order valence-corrected chi connectivity index (χ2v) is 10.9. The largest absolute Gasteiger partial charge is 0.394 e. The standard InChI is InChI=1S/C26H12N2O6.C10H8N2O2/c29-21-13-7-1-2-8-14(13)22(30)20(28-25(33)17-11-5-6-12-18(17)26(28)34)19(21)27-23(31)15-9-3-4-10-16(15)24(27)32;11-7-8(12)10(14)6-4-2-1-3-5(6)9(7)13/h1-12H;1-4H,11-12H2. The number of hydrogen-bond acceptors (Lipinski definition) is 10. The van der Waals surface area contributed by atoms with Crippen LogP contribution < -0.4 is 11.5 Å². The van der Waals surface area contributed by atoms with Crippen molar-refractivity contribution in [3.63, 3.8) is 0 Å². The van der Waals surface area contributed by atoms with Gasteiger partial charge in [-0.3, -0.25) is 38.4 Å². The molecule has 0 atom stereocenters. The van der Waals surface area contributed by atoms with Crippen molar-refractivity contribution in [2.75, 3.05) is 0 Å². The summed E-state index contributed by atoms with van der Waals surface area (Å²) in [5, 5.41) is 0. The highest BCUT2D eigenvalue weighted by Gasteiger charge is 2.50. The Morgan fingerprint density at radius 1 is 0.312 bits per heavy atom. The third-order valence-corrected chi connectivity index (χ3v) is 8.30. The van der Waals surface area contributed by atoms with Crippen LogP contribution in [-0.4, -0.2) is 56.6 Å². The van der Waals surface area contributed by atoms with Crippen LogP contribution in [0.5, 0.6) is 0 Å². The van der Waals surface area contributed by atoms with Crippen molar-refractivity contribution >= 4 is 46.8 Å². The van der Waals surface area contributed by atoms with Gasteiger partial charge < -0.3 is 11.5 Å². The molecule has 0 radical (unpaired) electrons. The van der Waals surface area contributed by atoms with Gasteiger partial charge in [0.15, 0.2) is 0 Å². The molecule has 4 aliphatic rings. The molecule has 2 aliphatic heterocycles. The minimum Gasteiger partial charge on any atom is -0.394 e. The van der Waals surface area contributed by atoms with Crippen molar-refractivity contribution in [3.8, 4) is 0 Å². The maximum Gasteiger partial charge on any atom is 0.266 e. The predicted molar refractivity (Wildman–Crippen MR) is 167 cm³/mol. The number of allylic oxidation sites excluding steroid dienone is 4. The zero-order valence-corrected chi connectivity index (χ0v) is 24.6. The number of benzene rings is 4. The number of nitrogens with zero attached hydrogens (tertiary/aromatic N) is 2. The molecule has 4 N–H and O–H groups in total. The number of carbonyl (C=O) groups excluding carboxylic acids is 8. The molecule has 4 aromatic rings. The number of rotatable bonds is 2. The molecular formula is C36H20N4O8. The maximum atomic E-state index is 13.6. The number of imide groups is 2. The highest BCUT2D eigenvalue weighted by Crippen LogP contribution is 2.38. The van der Waals surface area contributed by atoms with Crippen LogP contribution in [0.1, 0.15) is 82.9 Å². The molecular weight excluding hydrogens is 616 g/mol. The molecule has 232 valence electrons. The van der Waals surface area contributed by atoms with E-state index in [1.54, 1.807) is 48.5 Å². The fraction of sp³-hybridized carbons (Fsp3) is 0. The van der Waals surface area contributed by atoms with E-state index < -0.39 is 46.6 Å². The topological polar surface area (TPSA) is 195 Å². The van der Waals surface area contributed by atoms with Gasteiger partial charge in [-0.2, -0.15) is 0 Å². The van der Waals surface area contributed by atoms with Gasteiger partial charge >= 0.3 is 0 Å². The summed E-state index contributed by atoms with van der Waals surface area (Å²) in [6, 6.07) is 24.3. The SMILES string of the molecule is NC1=C(N)C(=O)c2ccccc2C1=O.O=C1C(N2C(=O)c3ccccc3C2=O)=C(N2C(=O)c3ccccc3C2=O)C(=O)c2ccccc21. The quantitative estimate of drug-likeness (QED) is 0.309. The Morgan fingerprint density at radius 3 is 0.771 bits per heavy atom. The Labute approximate surface area is 270 Å². The van der Waals surface area contributed by atoms with Crippen molar-refractivity contribution in [3.05, 3.63) is 164 Å². The summed E-state index contributed by atoms with van der Waals surface area (Å²) in [4.78, 5) is 105. The van der Waals surface area contributed by atoms with Gasteiger partial charge in [-0.15, -0.1) is 0 Å². The van der Waals surface area contributed by atoms with Gasteiger partial charge in [-0.1, -0.05) is 72.8 Å². The third-order valence-electron chi connectivity index (χ3n) is 8.30. The molecule has 0 spiro atoms. The first kappa shape index (κ1) is 29.6. The number of fused-ring (bicyclic) bond motifs is 4. The molecule has 0 saturated carbocycles. The molecule has 4 aromatic carbocycles. The fourth-order valence-electron chi connectivity index (χ4n) is 5.96. The normalized spacial score (nSPS) is 16.6. The molecule has 8 rings (SSSR count). The summed E-state index contributed by atoms with van der Waals surface area (Å²) in [6.07, 6.45) is 0. The zero-order chi connectivity index (χ0) is 34.0. The number of amides is 4. The molecule has 48 heavy (non-hydrogen) atoms. The van der Waals surface area contributed by atoms with Crippen molar-refractivity contribution in [1.29, 1.82) is 0 Å². The van der Waals surface area contributed by atoms with E-state index >= 15 is 0 Å². The predicted octanol–water partition coefficient (Wildman–Crippen LogP) is 3.06. The summed E-state index contributed by atoms with van der Waals surface area (Å²) in [5.74, 6) is -5.63. The van der Waals surface area contributed by atoms with Crippen LogP contribution in [0.3, 0.4) is 0 Å². The van der Waals surface area contributed by atoms with Gasteiger partial charge in [-0.05, 0) is 24.3 Å². The van der Waals surface area contributed by atoms with Crippen LogP contribution in [0, 0.1) is 0 Å². The van der Waals surface area contributed by atoms with E-state index in [0.717, 1.165) is 0 Å². The van der Waals surface area contributed by atoms with Crippen LogP contribution >= 0.6 is 0 Å². The maximum absolute atomic E-state index is 13.6. The molecule has 4 amide bonds. The molecule has 2 heterocycles. The summed E-state index contributed by atoms with van der Waals surface area (Å²) in [7, 11) is 0. The highest BCUT2D eigenvalue weighted by molar-refractivity contribution is 6.35. The third kappa shape index (κ3) is 4.09. The van der Waals surface area contributed by atoms with E-state index in [-0.39, 0.29) is 56.3 Å². The lowest BCUT2D eigenvalue weighted by Gasteiger charge is -2.29. The van der Waals surface area contributed by atoms with Crippen molar-refractivity contribution in [2.24, 2.45) is 11.5 Å². The average molecular weight is 637 g/mol. The molecule has 12 nitrogen and oxygen atoms in total. The van der Waals surface area contributed by atoms with Gasteiger partial charge in [-0.25, -0.2) is 9.80 Å². The summed E-state index contributed by atoms with van der Waals surface area (Å²) in [6.45, 7) is 0. The van der Waals surface area contributed by atoms with Crippen molar-refractivity contribution in [1.82, 2.24) is 9.80 Å². The highest BCUT2D eigenvalue weighted by atomic mass is 16.2. The first-order chi connectivity index (χ1) is 23.0. The van der Waals surface area contributed by atoms with E-state index in [2.05, 4.69) is 0 Å². The molecule has 0 saturated heterocycles. The lowest BCUT2D eigenvalue weighted by molar-refractivity contribution is 0.0618. The minimum atomic E-state index is -0.815. The van der Waals surface area contributed by atoms with Crippen molar-refractivity contribution < 1.29 is 38.4 Å². The van der Waals surface area contributed by atoms with Crippen LogP contribution in [0.2, 0.25) is 0 Å². The van der Waals surface area contributed by atoms with E-state index in [0.29, 0.717) is 20.9 Å². The lowest BCUT2D eigenvalue weighted by Crippen LogP contribution is -2.44. The van der Waals surface area contributed by atoms with Crippen LogP contribution in [0.25, 0.3) is 0 Å². The van der Waals surface area contributed by atoms with Gasteiger partial charge in [0.05, 0.1) is 22.3 Å². The second-order valence-electron chi connectivity index (χ2n) is 10.9. The Hall–Kier alpha value is -7.08. The van der Waals surface area contributed by atoms with Gasteiger partial charge in [0.25, 0.3) is 23.6 Å². The molecule has 2 aliphatic carbocycles. The number of carbonyl (C=O) groups is 8.